The maximum atomic E-state index is 13.3. The lowest BCUT2D eigenvalue weighted by molar-refractivity contribution is 0.413. The fraction of sp³-hybridized carbons (Fsp3) is 0.455. The lowest BCUT2D eigenvalue weighted by Crippen LogP contribution is -2.24. The van der Waals surface area contributed by atoms with Crippen molar-refractivity contribution in [3.63, 3.8) is 0 Å². The van der Waals surface area contributed by atoms with Crippen molar-refractivity contribution in [1.29, 1.82) is 0 Å². The summed E-state index contributed by atoms with van der Waals surface area (Å²) in [6.07, 6.45) is 0.337. The SMILES string of the molecule is CC(CCl)(CCl)Cc1cc(F)ccc1F. The van der Waals surface area contributed by atoms with Crippen LogP contribution in [0.4, 0.5) is 8.78 Å². The summed E-state index contributed by atoms with van der Waals surface area (Å²) < 4.78 is 26.2. The molecule has 1 aromatic carbocycles. The summed E-state index contributed by atoms with van der Waals surface area (Å²) >= 11 is 11.5. The van der Waals surface area contributed by atoms with Gasteiger partial charge in [-0.2, -0.15) is 0 Å². The van der Waals surface area contributed by atoms with E-state index in [0.29, 0.717) is 23.7 Å². The smallest absolute Gasteiger partial charge is 0.126 e. The van der Waals surface area contributed by atoms with Crippen LogP contribution in [0.2, 0.25) is 0 Å². The highest BCUT2D eigenvalue weighted by atomic mass is 35.5. The zero-order valence-corrected chi connectivity index (χ0v) is 9.88. The van der Waals surface area contributed by atoms with Crippen LogP contribution >= 0.6 is 23.2 Å². The van der Waals surface area contributed by atoms with Gasteiger partial charge >= 0.3 is 0 Å². The number of alkyl halides is 2. The maximum absolute atomic E-state index is 13.3. The molecule has 1 aromatic rings. The first kappa shape index (κ1) is 12.7. The number of hydrogen-bond donors (Lipinski definition) is 0. The van der Waals surface area contributed by atoms with Crippen LogP contribution in [0.15, 0.2) is 18.2 Å². The average Bonchev–Trinajstić information content (AvgIpc) is 2.23. The van der Waals surface area contributed by atoms with Gasteiger partial charge in [-0.1, -0.05) is 6.92 Å². The zero-order chi connectivity index (χ0) is 11.5. The van der Waals surface area contributed by atoms with Crippen LogP contribution in [0.5, 0.6) is 0 Å². The highest BCUT2D eigenvalue weighted by Gasteiger charge is 2.24. The van der Waals surface area contributed by atoms with Crippen molar-refractivity contribution in [2.24, 2.45) is 5.41 Å². The molecule has 0 bridgehead atoms. The van der Waals surface area contributed by atoms with Gasteiger partial charge in [0, 0.05) is 11.8 Å². The zero-order valence-electron chi connectivity index (χ0n) is 8.37. The van der Waals surface area contributed by atoms with Gasteiger partial charge in [-0.25, -0.2) is 8.78 Å². The summed E-state index contributed by atoms with van der Waals surface area (Å²) in [4.78, 5) is 0. The standard InChI is InChI=1S/C11H12Cl2F2/c1-11(6-12,7-13)5-8-4-9(14)2-3-10(8)15/h2-4H,5-7H2,1H3. The average molecular weight is 253 g/mol. The fourth-order valence-electron chi connectivity index (χ4n) is 1.27. The summed E-state index contributed by atoms with van der Waals surface area (Å²) in [5, 5.41) is 0. The van der Waals surface area contributed by atoms with Crippen molar-refractivity contribution in [3.8, 4) is 0 Å². The second-order valence-corrected chi connectivity index (χ2v) is 4.52. The number of benzene rings is 1. The van der Waals surface area contributed by atoms with Crippen molar-refractivity contribution < 1.29 is 8.78 Å². The minimum Gasteiger partial charge on any atom is -0.207 e. The Morgan fingerprint density at radius 3 is 2.33 bits per heavy atom. The molecule has 0 heterocycles. The topological polar surface area (TPSA) is 0 Å². The second-order valence-electron chi connectivity index (χ2n) is 3.99. The van der Waals surface area contributed by atoms with Crippen LogP contribution in [-0.4, -0.2) is 11.8 Å². The second kappa shape index (κ2) is 5.13. The molecule has 0 spiro atoms. The summed E-state index contributed by atoms with van der Waals surface area (Å²) in [6, 6.07) is 3.40. The first-order valence-electron chi connectivity index (χ1n) is 4.56. The number of halogens is 4. The fourth-order valence-corrected chi connectivity index (χ4v) is 1.74. The minimum absolute atomic E-state index is 0.312. The third kappa shape index (κ3) is 3.32. The molecular weight excluding hydrogens is 241 g/mol. The molecule has 15 heavy (non-hydrogen) atoms. The first-order chi connectivity index (χ1) is 7.00. The van der Waals surface area contributed by atoms with Gasteiger partial charge in [0.2, 0.25) is 0 Å². The molecular formula is C11H12Cl2F2. The first-order valence-corrected chi connectivity index (χ1v) is 5.63. The number of rotatable bonds is 4. The molecule has 4 heteroatoms. The van der Waals surface area contributed by atoms with E-state index in [1.54, 1.807) is 0 Å². The van der Waals surface area contributed by atoms with Crippen molar-refractivity contribution in [2.75, 3.05) is 11.8 Å². The van der Waals surface area contributed by atoms with Gasteiger partial charge in [0.15, 0.2) is 0 Å². The van der Waals surface area contributed by atoms with E-state index >= 15 is 0 Å². The highest BCUT2D eigenvalue weighted by molar-refractivity contribution is 6.21. The summed E-state index contributed by atoms with van der Waals surface area (Å²) in [5.41, 5.74) is -0.0867. The molecule has 0 aromatic heterocycles. The van der Waals surface area contributed by atoms with E-state index in [4.69, 9.17) is 23.2 Å². The summed E-state index contributed by atoms with van der Waals surface area (Å²) in [7, 11) is 0. The molecule has 0 atom stereocenters. The Kier molecular flexibility index (Phi) is 4.35. The van der Waals surface area contributed by atoms with E-state index < -0.39 is 17.0 Å². The van der Waals surface area contributed by atoms with E-state index in [1.807, 2.05) is 6.92 Å². The molecule has 0 aliphatic heterocycles. The highest BCUT2D eigenvalue weighted by Crippen LogP contribution is 2.27. The van der Waals surface area contributed by atoms with Crippen LogP contribution < -0.4 is 0 Å². The molecule has 0 saturated carbocycles. The van der Waals surface area contributed by atoms with E-state index in [-0.39, 0.29) is 0 Å². The Labute approximate surface area is 98.2 Å². The Bertz CT molecular complexity index is 335. The molecule has 0 radical (unpaired) electrons. The predicted octanol–water partition coefficient (Wildman–Crippen LogP) is 3.99. The van der Waals surface area contributed by atoms with Crippen LogP contribution in [0.25, 0.3) is 0 Å². The largest absolute Gasteiger partial charge is 0.207 e. The van der Waals surface area contributed by atoms with Crippen molar-refractivity contribution >= 4 is 23.2 Å². The van der Waals surface area contributed by atoms with Gasteiger partial charge in [-0.3, -0.25) is 0 Å². The third-order valence-corrected chi connectivity index (χ3v) is 3.56. The third-order valence-electron chi connectivity index (χ3n) is 2.27. The summed E-state index contributed by atoms with van der Waals surface area (Å²) in [5.74, 6) is -0.241. The Balaban J connectivity index is 2.92. The minimum atomic E-state index is -0.446. The molecule has 0 saturated heterocycles. The van der Waals surface area contributed by atoms with Gasteiger partial charge < -0.3 is 0 Å². The van der Waals surface area contributed by atoms with Gasteiger partial charge in [0.25, 0.3) is 0 Å². The van der Waals surface area contributed by atoms with Gasteiger partial charge in [0.05, 0.1) is 0 Å². The normalized spacial score (nSPS) is 11.8. The van der Waals surface area contributed by atoms with Gasteiger partial charge in [0.1, 0.15) is 11.6 Å². The molecule has 0 fully saturated rings. The van der Waals surface area contributed by atoms with Crippen LogP contribution in [0, 0.1) is 17.0 Å². The van der Waals surface area contributed by atoms with Gasteiger partial charge in [-0.15, -0.1) is 23.2 Å². The Hall–Kier alpha value is -0.340. The molecule has 0 N–H and O–H groups in total. The van der Waals surface area contributed by atoms with Gasteiger partial charge in [-0.05, 0) is 35.6 Å². The van der Waals surface area contributed by atoms with Crippen LogP contribution in [0.1, 0.15) is 12.5 Å². The van der Waals surface area contributed by atoms with E-state index in [0.717, 1.165) is 12.1 Å². The van der Waals surface area contributed by atoms with Crippen molar-refractivity contribution in [1.82, 2.24) is 0 Å². The van der Waals surface area contributed by atoms with E-state index in [2.05, 4.69) is 0 Å². The van der Waals surface area contributed by atoms with E-state index in [9.17, 15) is 8.78 Å². The Morgan fingerprint density at radius 2 is 1.80 bits per heavy atom. The lowest BCUT2D eigenvalue weighted by Gasteiger charge is -2.24. The van der Waals surface area contributed by atoms with Crippen LogP contribution in [-0.2, 0) is 6.42 Å². The lowest BCUT2D eigenvalue weighted by atomic mass is 9.87. The molecule has 0 aliphatic carbocycles. The quantitative estimate of drug-likeness (QED) is 0.711. The number of hydrogen-bond acceptors (Lipinski definition) is 0. The molecule has 0 aliphatic rings. The van der Waals surface area contributed by atoms with Crippen LogP contribution in [0.3, 0.4) is 0 Å². The van der Waals surface area contributed by atoms with Crippen molar-refractivity contribution in [2.45, 2.75) is 13.3 Å². The molecule has 0 unspecified atom stereocenters. The predicted molar refractivity (Wildman–Crippen MR) is 59.6 cm³/mol. The Morgan fingerprint density at radius 1 is 1.20 bits per heavy atom. The monoisotopic (exact) mass is 252 g/mol. The maximum Gasteiger partial charge on any atom is 0.126 e. The molecule has 0 amide bonds. The van der Waals surface area contributed by atoms with E-state index in [1.165, 1.54) is 6.07 Å². The molecule has 0 nitrogen and oxygen atoms in total. The molecule has 84 valence electrons. The summed E-state index contributed by atoms with van der Waals surface area (Å²) in [6.45, 7) is 1.84. The molecule has 1 rings (SSSR count). The van der Waals surface area contributed by atoms with Crippen molar-refractivity contribution in [3.05, 3.63) is 35.4 Å².